The van der Waals surface area contributed by atoms with E-state index in [-0.39, 0.29) is 0 Å². The van der Waals surface area contributed by atoms with Crippen molar-refractivity contribution in [3.05, 3.63) is 26.4 Å². The summed E-state index contributed by atoms with van der Waals surface area (Å²) in [5, 5.41) is 6.13. The first-order chi connectivity index (χ1) is 6.27. The molecule has 0 aromatic carbocycles. The number of anilines is 1. The number of nitrogens with two attached hydrogens (primary N) is 1. The summed E-state index contributed by atoms with van der Waals surface area (Å²) in [6.07, 6.45) is 1.75. The molecule has 2 aromatic heterocycles. The zero-order chi connectivity index (χ0) is 9.26. The van der Waals surface area contributed by atoms with Crippen molar-refractivity contribution in [2.45, 2.75) is 6.54 Å². The Kier molecular flexibility index (Phi) is 2.49. The maximum atomic E-state index is 5.79. The second kappa shape index (κ2) is 3.62. The topological polar surface area (TPSA) is 56.7 Å². The van der Waals surface area contributed by atoms with E-state index in [1.165, 1.54) is 0 Å². The van der Waals surface area contributed by atoms with Crippen LogP contribution >= 0.6 is 33.9 Å². The SMILES string of the molecule is Nc1c(I)cnn1Cc1cscn1. The van der Waals surface area contributed by atoms with Gasteiger partial charge in [-0.25, -0.2) is 9.67 Å². The molecule has 0 unspecified atom stereocenters. The molecule has 0 aliphatic heterocycles. The summed E-state index contributed by atoms with van der Waals surface area (Å²) in [5.74, 6) is 0.702. The molecule has 0 saturated carbocycles. The molecule has 13 heavy (non-hydrogen) atoms. The lowest BCUT2D eigenvalue weighted by Crippen LogP contribution is -2.06. The molecule has 2 aromatic rings. The molecule has 4 nitrogen and oxygen atoms in total. The zero-order valence-electron chi connectivity index (χ0n) is 6.64. The molecule has 0 aliphatic carbocycles. The fourth-order valence-corrected chi connectivity index (χ4v) is 1.92. The van der Waals surface area contributed by atoms with E-state index in [1.807, 2.05) is 5.38 Å². The van der Waals surface area contributed by atoms with Crippen LogP contribution in [0.15, 0.2) is 17.1 Å². The molecule has 68 valence electrons. The monoisotopic (exact) mass is 306 g/mol. The first kappa shape index (κ1) is 8.95. The Balaban J connectivity index is 2.24. The fraction of sp³-hybridized carbons (Fsp3) is 0.143. The minimum Gasteiger partial charge on any atom is -0.383 e. The average Bonchev–Trinajstić information content (AvgIpc) is 2.71. The van der Waals surface area contributed by atoms with Crippen molar-refractivity contribution in [2.24, 2.45) is 0 Å². The second-order valence-electron chi connectivity index (χ2n) is 2.52. The average molecular weight is 306 g/mol. The number of thiazole rings is 1. The van der Waals surface area contributed by atoms with E-state index >= 15 is 0 Å². The first-order valence-electron chi connectivity index (χ1n) is 3.61. The third-order valence-corrected chi connectivity index (χ3v) is 3.09. The second-order valence-corrected chi connectivity index (χ2v) is 4.40. The van der Waals surface area contributed by atoms with Crippen LogP contribution in [-0.4, -0.2) is 14.8 Å². The summed E-state index contributed by atoms with van der Waals surface area (Å²) in [7, 11) is 0. The van der Waals surface area contributed by atoms with E-state index in [9.17, 15) is 0 Å². The lowest BCUT2D eigenvalue weighted by molar-refractivity contribution is 0.685. The van der Waals surface area contributed by atoms with Gasteiger partial charge >= 0.3 is 0 Å². The van der Waals surface area contributed by atoms with Crippen LogP contribution in [0.3, 0.4) is 0 Å². The van der Waals surface area contributed by atoms with Crippen LogP contribution in [-0.2, 0) is 6.54 Å². The molecule has 6 heteroatoms. The smallest absolute Gasteiger partial charge is 0.135 e. The minimum absolute atomic E-state index is 0.651. The Morgan fingerprint density at radius 1 is 1.62 bits per heavy atom. The summed E-state index contributed by atoms with van der Waals surface area (Å²) in [6, 6.07) is 0. The molecule has 0 bridgehead atoms. The third kappa shape index (κ3) is 1.83. The van der Waals surface area contributed by atoms with Gasteiger partial charge in [0.2, 0.25) is 0 Å². The summed E-state index contributed by atoms with van der Waals surface area (Å²) in [6.45, 7) is 0.651. The van der Waals surface area contributed by atoms with Crippen molar-refractivity contribution in [3.8, 4) is 0 Å². The highest BCUT2D eigenvalue weighted by Crippen LogP contribution is 2.14. The van der Waals surface area contributed by atoms with Crippen LogP contribution in [0.25, 0.3) is 0 Å². The van der Waals surface area contributed by atoms with Crippen LogP contribution in [0.5, 0.6) is 0 Å². The van der Waals surface area contributed by atoms with Crippen LogP contribution in [0.1, 0.15) is 5.69 Å². The molecular weight excluding hydrogens is 299 g/mol. The summed E-state index contributed by atoms with van der Waals surface area (Å²) in [4.78, 5) is 4.16. The van der Waals surface area contributed by atoms with Crippen molar-refractivity contribution in [2.75, 3.05) is 5.73 Å². The maximum absolute atomic E-state index is 5.79. The first-order valence-corrected chi connectivity index (χ1v) is 5.63. The molecular formula is C7H7IN4S. The van der Waals surface area contributed by atoms with Crippen molar-refractivity contribution < 1.29 is 0 Å². The number of nitrogens with zero attached hydrogens (tertiary/aromatic N) is 3. The van der Waals surface area contributed by atoms with Gasteiger partial charge in [0.05, 0.1) is 27.5 Å². The predicted octanol–water partition coefficient (Wildman–Crippen LogP) is 1.57. The van der Waals surface area contributed by atoms with Crippen LogP contribution in [0, 0.1) is 3.57 Å². The third-order valence-electron chi connectivity index (χ3n) is 1.63. The van der Waals surface area contributed by atoms with Gasteiger partial charge in [-0.1, -0.05) is 0 Å². The Hall–Kier alpha value is -0.630. The lowest BCUT2D eigenvalue weighted by atomic mass is 10.5. The van der Waals surface area contributed by atoms with E-state index in [0.29, 0.717) is 12.4 Å². The number of rotatable bonds is 2. The van der Waals surface area contributed by atoms with Gasteiger partial charge in [-0.3, -0.25) is 0 Å². The largest absolute Gasteiger partial charge is 0.383 e. The number of halogens is 1. The van der Waals surface area contributed by atoms with E-state index in [0.717, 1.165) is 9.26 Å². The highest BCUT2D eigenvalue weighted by Gasteiger charge is 2.05. The van der Waals surface area contributed by atoms with Crippen LogP contribution < -0.4 is 5.73 Å². The molecule has 0 spiro atoms. The molecule has 2 heterocycles. The maximum Gasteiger partial charge on any atom is 0.135 e. The Morgan fingerprint density at radius 2 is 2.46 bits per heavy atom. The normalized spacial score (nSPS) is 10.5. The van der Waals surface area contributed by atoms with Gasteiger partial charge in [-0.15, -0.1) is 11.3 Å². The van der Waals surface area contributed by atoms with Crippen molar-refractivity contribution in [1.82, 2.24) is 14.8 Å². The molecule has 2 N–H and O–H groups in total. The zero-order valence-corrected chi connectivity index (χ0v) is 9.62. The van der Waals surface area contributed by atoms with E-state index in [4.69, 9.17) is 5.73 Å². The molecule has 0 atom stereocenters. The van der Waals surface area contributed by atoms with Gasteiger partial charge in [0, 0.05) is 5.38 Å². The number of hydrogen-bond acceptors (Lipinski definition) is 4. The highest BCUT2D eigenvalue weighted by atomic mass is 127. The summed E-state index contributed by atoms with van der Waals surface area (Å²) >= 11 is 3.74. The van der Waals surface area contributed by atoms with Gasteiger partial charge in [0.25, 0.3) is 0 Å². The van der Waals surface area contributed by atoms with Crippen LogP contribution in [0.4, 0.5) is 5.82 Å². The number of hydrogen-bond donors (Lipinski definition) is 1. The predicted molar refractivity (Wildman–Crippen MR) is 60.6 cm³/mol. The molecule has 0 fully saturated rings. The molecule has 0 amide bonds. The molecule has 0 saturated heterocycles. The van der Waals surface area contributed by atoms with Gasteiger partial charge in [-0.2, -0.15) is 5.10 Å². The standard InChI is InChI=1S/C7H7IN4S/c8-6-1-11-12(7(6)9)2-5-3-13-4-10-5/h1,3-4H,2,9H2. The Labute approximate surface area is 92.9 Å². The van der Waals surface area contributed by atoms with Crippen molar-refractivity contribution >= 4 is 39.7 Å². The van der Waals surface area contributed by atoms with E-state index in [1.54, 1.807) is 27.7 Å². The van der Waals surface area contributed by atoms with Gasteiger partial charge in [0.1, 0.15) is 5.82 Å². The summed E-state index contributed by atoms with van der Waals surface area (Å²) in [5.41, 5.74) is 8.59. The molecule has 0 aliphatic rings. The Bertz CT molecular complexity index is 395. The van der Waals surface area contributed by atoms with Crippen molar-refractivity contribution in [1.29, 1.82) is 0 Å². The fourth-order valence-electron chi connectivity index (χ4n) is 0.967. The van der Waals surface area contributed by atoms with Crippen LogP contribution in [0.2, 0.25) is 0 Å². The minimum atomic E-state index is 0.651. The van der Waals surface area contributed by atoms with Gasteiger partial charge in [-0.05, 0) is 22.6 Å². The molecule has 0 radical (unpaired) electrons. The Morgan fingerprint density at radius 3 is 3.00 bits per heavy atom. The molecule has 2 rings (SSSR count). The van der Waals surface area contributed by atoms with Gasteiger partial charge in [0.15, 0.2) is 0 Å². The van der Waals surface area contributed by atoms with Gasteiger partial charge < -0.3 is 5.73 Å². The van der Waals surface area contributed by atoms with Crippen molar-refractivity contribution in [3.63, 3.8) is 0 Å². The van der Waals surface area contributed by atoms with E-state index < -0.39 is 0 Å². The van der Waals surface area contributed by atoms with E-state index in [2.05, 4.69) is 32.7 Å². The quantitative estimate of drug-likeness (QED) is 0.857. The summed E-state index contributed by atoms with van der Waals surface area (Å²) < 4.78 is 2.73. The number of nitrogen functional groups attached to an aromatic ring is 1. The lowest BCUT2D eigenvalue weighted by Gasteiger charge is -2.00. The number of aromatic nitrogens is 3. The highest BCUT2D eigenvalue weighted by molar-refractivity contribution is 14.1.